The van der Waals surface area contributed by atoms with Gasteiger partial charge in [0.2, 0.25) is 0 Å². The van der Waals surface area contributed by atoms with Crippen molar-refractivity contribution in [2.24, 2.45) is 0 Å². The monoisotopic (exact) mass is 367 g/mol. The van der Waals surface area contributed by atoms with E-state index >= 15 is 0 Å². The summed E-state index contributed by atoms with van der Waals surface area (Å²) < 4.78 is 11.1. The highest BCUT2D eigenvalue weighted by molar-refractivity contribution is 5.92. The molecule has 1 aromatic carbocycles. The van der Waals surface area contributed by atoms with Crippen LogP contribution in [-0.2, 0) is 0 Å². The normalized spacial score (nSPS) is 17.0. The minimum Gasteiger partial charge on any atom is -0.486 e. The highest BCUT2D eigenvalue weighted by Gasteiger charge is 2.16. The fourth-order valence-electron chi connectivity index (χ4n) is 3.57. The molecule has 0 unspecified atom stereocenters. The number of nitrogens with zero attached hydrogens (tertiary/aromatic N) is 1. The Balaban J connectivity index is 1.37. The zero-order valence-corrected chi connectivity index (χ0v) is 15.4. The Bertz CT molecular complexity index is 784. The lowest BCUT2D eigenvalue weighted by Crippen LogP contribution is -2.34. The number of pyridine rings is 1. The van der Waals surface area contributed by atoms with Gasteiger partial charge in [-0.2, -0.15) is 0 Å². The van der Waals surface area contributed by atoms with Gasteiger partial charge in [-0.1, -0.05) is 25.7 Å². The average Bonchev–Trinajstić information content (AvgIpc) is 2.97. The van der Waals surface area contributed by atoms with Crippen LogP contribution >= 0.6 is 0 Å². The number of fused-ring (bicyclic) bond motifs is 1. The second kappa shape index (κ2) is 8.29. The maximum absolute atomic E-state index is 12.4. The van der Waals surface area contributed by atoms with Crippen molar-refractivity contribution in [1.29, 1.82) is 0 Å². The first-order valence-electron chi connectivity index (χ1n) is 9.71. The Hall–Kier alpha value is -2.76. The average molecular weight is 367 g/mol. The summed E-state index contributed by atoms with van der Waals surface area (Å²) in [6.07, 6.45) is 8.73. The Morgan fingerprint density at radius 1 is 0.926 bits per heavy atom. The van der Waals surface area contributed by atoms with Gasteiger partial charge in [-0.05, 0) is 37.1 Å². The molecule has 1 fully saturated rings. The molecule has 0 spiro atoms. The van der Waals surface area contributed by atoms with Crippen LogP contribution in [0.4, 0.5) is 11.4 Å². The third kappa shape index (κ3) is 4.51. The fourth-order valence-corrected chi connectivity index (χ4v) is 3.57. The second-order valence-electron chi connectivity index (χ2n) is 7.08. The minimum atomic E-state index is -0.0900. The topological polar surface area (TPSA) is 72.5 Å². The van der Waals surface area contributed by atoms with Gasteiger partial charge in [0.1, 0.15) is 18.9 Å². The van der Waals surface area contributed by atoms with E-state index in [2.05, 4.69) is 15.6 Å². The first kappa shape index (κ1) is 17.6. The van der Waals surface area contributed by atoms with E-state index in [1.165, 1.54) is 25.7 Å². The third-order valence-corrected chi connectivity index (χ3v) is 5.02. The van der Waals surface area contributed by atoms with Crippen LogP contribution in [0.1, 0.15) is 49.0 Å². The quantitative estimate of drug-likeness (QED) is 0.798. The number of ether oxygens (including phenoxy) is 2. The van der Waals surface area contributed by atoms with Gasteiger partial charge < -0.3 is 20.1 Å². The number of carbonyl (C=O) groups is 1. The molecule has 27 heavy (non-hydrogen) atoms. The molecule has 0 radical (unpaired) electrons. The van der Waals surface area contributed by atoms with Gasteiger partial charge in [-0.15, -0.1) is 0 Å². The number of aromatic nitrogens is 1. The summed E-state index contributed by atoms with van der Waals surface area (Å²) in [6, 6.07) is 9.62. The van der Waals surface area contributed by atoms with Gasteiger partial charge in [-0.25, -0.2) is 4.98 Å². The van der Waals surface area contributed by atoms with Gasteiger partial charge in [-0.3, -0.25) is 4.79 Å². The van der Waals surface area contributed by atoms with Crippen LogP contribution < -0.4 is 20.1 Å². The van der Waals surface area contributed by atoms with Crippen molar-refractivity contribution in [1.82, 2.24) is 10.3 Å². The molecule has 1 amide bonds. The summed E-state index contributed by atoms with van der Waals surface area (Å²) in [7, 11) is 0. The Kier molecular flexibility index (Phi) is 5.42. The van der Waals surface area contributed by atoms with Crippen LogP contribution in [0.5, 0.6) is 11.5 Å². The predicted molar refractivity (Wildman–Crippen MR) is 104 cm³/mol. The van der Waals surface area contributed by atoms with E-state index in [1.54, 1.807) is 12.3 Å². The molecule has 142 valence electrons. The summed E-state index contributed by atoms with van der Waals surface area (Å²) in [5, 5.41) is 6.41. The molecule has 2 heterocycles. The Labute approximate surface area is 159 Å². The molecule has 1 aromatic heterocycles. The van der Waals surface area contributed by atoms with Crippen LogP contribution in [0.25, 0.3) is 0 Å². The molecule has 1 aliphatic carbocycles. The molecular weight excluding hydrogens is 342 g/mol. The summed E-state index contributed by atoms with van der Waals surface area (Å²) >= 11 is 0. The highest BCUT2D eigenvalue weighted by atomic mass is 16.6. The van der Waals surface area contributed by atoms with Crippen molar-refractivity contribution >= 4 is 17.3 Å². The number of anilines is 2. The summed E-state index contributed by atoms with van der Waals surface area (Å²) in [5.41, 5.74) is 2.15. The van der Waals surface area contributed by atoms with Gasteiger partial charge in [0.25, 0.3) is 5.91 Å². The standard InChI is InChI=1S/C21H25N3O3/c25-21(24-15-5-3-1-2-4-6-15)18-9-7-17(14-22-18)23-16-8-10-19-20(13-16)27-12-11-26-19/h7-10,13-15,23H,1-6,11-12H2,(H,24,25). The number of nitrogens with one attached hydrogen (secondary N) is 2. The van der Waals surface area contributed by atoms with E-state index in [-0.39, 0.29) is 11.9 Å². The van der Waals surface area contributed by atoms with E-state index in [1.807, 2.05) is 24.3 Å². The van der Waals surface area contributed by atoms with Crippen LogP contribution in [0.2, 0.25) is 0 Å². The molecule has 0 saturated heterocycles. The molecule has 0 bridgehead atoms. The molecule has 4 rings (SSSR count). The molecule has 2 N–H and O–H groups in total. The van der Waals surface area contributed by atoms with E-state index in [0.717, 1.165) is 35.7 Å². The van der Waals surface area contributed by atoms with Crippen LogP contribution in [0.15, 0.2) is 36.5 Å². The molecule has 1 aliphatic heterocycles. The van der Waals surface area contributed by atoms with Gasteiger partial charge in [0.05, 0.1) is 11.9 Å². The van der Waals surface area contributed by atoms with Crippen LogP contribution in [0, 0.1) is 0 Å². The van der Waals surface area contributed by atoms with Crippen molar-refractivity contribution in [3.8, 4) is 11.5 Å². The molecule has 2 aliphatic rings. The van der Waals surface area contributed by atoms with Crippen LogP contribution in [-0.4, -0.2) is 30.1 Å². The Morgan fingerprint density at radius 3 is 2.41 bits per heavy atom. The van der Waals surface area contributed by atoms with E-state index < -0.39 is 0 Å². The first-order valence-corrected chi connectivity index (χ1v) is 9.71. The number of benzene rings is 1. The molecule has 1 saturated carbocycles. The number of rotatable bonds is 4. The van der Waals surface area contributed by atoms with E-state index in [0.29, 0.717) is 18.9 Å². The van der Waals surface area contributed by atoms with Gasteiger partial charge in [0.15, 0.2) is 11.5 Å². The maximum Gasteiger partial charge on any atom is 0.270 e. The number of amides is 1. The fraction of sp³-hybridized carbons (Fsp3) is 0.429. The molecule has 2 aromatic rings. The van der Waals surface area contributed by atoms with Crippen molar-refractivity contribution in [2.75, 3.05) is 18.5 Å². The number of hydrogen-bond donors (Lipinski definition) is 2. The highest BCUT2D eigenvalue weighted by Crippen LogP contribution is 2.33. The van der Waals surface area contributed by atoms with Crippen molar-refractivity contribution in [2.45, 2.75) is 44.6 Å². The summed E-state index contributed by atoms with van der Waals surface area (Å²) in [6.45, 7) is 1.14. The lowest BCUT2D eigenvalue weighted by Gasteiger charge is -2.19. The summed E-state index contributed by atoms with van der Waals surface area (Å²) in [5.74, 6) is 1.40. The third-order valence-electron chi connectivity index (χ3n) is 5.02. The van der Waals surface area contributed by atoms with Crippen molar-refractivity contribution < 1.29 is 14.3 Å². The SMILES string of the molecule is O=C(NC1CCCCCC1)c1ccc(Nc2ccc3c(c2)OCCO3)cn1. The predicted octanol–water partition coefficient (Wildman–Crippen LogP) is 4.05. The van der Waals surface area contributed by atoms with Crippen molar-refractivity contribution in [3.63, 3.8) is 0 Å². The zero-order valence-electron chi connectivity index (χ0n) is 15.4. The molecule has 6 heteroatoms. The first-order chi connectivity index (χ1) is 13.3. The minimum absolute atomic E-state index is 0.0900. The smallest absolute Gasteiger partial charge is 0.270 e. The Morgan fingerprint density at radius 2 is 1.67 bits per heavy atom. The lowest BCUT2D eigenvalue weighted by atomic mass is 10.1. The molecule has 0 atom stereocenters. The number of hydrogen-bond acceptors (Lipinski definition) is 5. The van der Waals surface area contributed by atoms with E-state index in [4.69, 9.17) is 9.47 Å². The number of carbonyl (C=O) groups excluding carboxylic acids is 1. The molecule has 6 nitrogen and oxygen atoms in total. The molecular formula is C21H25N3O3. The maximum atomic E-state index is 12.4. The second-order valence-corrected chi connectivity index (χ2v) is 7.08. The van der Waals surface area contributed by atoms with Gasteiger partial charge >= 0.3 is 0 Å². The van der Waals surface area contributed by atoms with Gasteiger partial charge in [0, 0.05) is 17.8 Å². The zero-order chi connectivity index (χ0) is 18.5. The van der Waals surface area contributed by atoms with Crippen molar-refractivity contribution in [3.05, 3.63) is 42.2 Å². The van der Waals surface area contributed by atoms with Crippen LogP contribution in [0.3, 0.4) is 0 Å². The van der Waals surface area contributed by atoms with E-state index in [9.17, 15) is 4.79 Å². The lowest BCUT2D eigenvalue weighted by molar-refractivity contribution is 0.0928. The largest absolute Gasteiger partial charge is 0.486 e. The summed E-state index contributed by atoms with van der Waals surface area (Å²) in [4.78, 5) is 16.8.